The van der Waals surface area contributed by atoms with Crippen molar-refractivity contribution in [3.63, 3.8) is 0 Å². The summed E-state index contributed by atoms with van der Waals surface area (Å²) in [5.41, 5.74) is 5.55. The topological polar surface area (TPSA) is 63.4 Å². The van der Waals surface area contributed by atoms with Crippen molar-refractivity contribution in [2.75, 3.05) is 13.6 Å². The number of hydrogen-bond donors (Lipinski definition) is 1. The van der Waals surface area contributed by atoms with Gasteiger partial charge in [0.2, 0.25) is 10.0 Å². The van der Waals surface area contributed by atoms with Gasteiger partial charge in [0.25, 0.3) is 0 Å². The van der Waals surface area contributed by atoms with Crippen LogP contribution in [0.5, 0.6) is 0 Å². The van der Waals surface area contributed by atoms with Gasteiger partial charge in [-0.2, -0.15) is 4.31 Å². The molecule has 0 aromatic heterocycles. The maximum Gasteiger partial charge on any atom is 0.246 e. The Balaban J connectivity index is 0.00000220. The van der Waals surface area contributed by atoms with E-state index in [2.05, 4.69) is 0 Å². The number of hydrogen-bond acceptors (Lipinski definition) is 3. The molecule has 0 amide bonds. The summed E-state index contributed by atoms with van der Waals surface area (Å²) in [5.74, 6) is -4.80. The van der Waals surface area contributed by atoms with Crippen LogP contribution in [-0.2, 0) is 10.0 Å². The first-order chi connectivity index (χ1) is 9.30. The molecule has 9 heteroatoms. The van der Waals surface area contributed by atoms with E-state index in [0.29, 0.717) is 6.07 Å². The van der Waals surface area contributed by atoms with E-state index in [1.807, 2.05) is 0 Å². The summed E-state index contributed by atoms with van der Waals surface area (Å²) in [5, 5.41) is 0. The van der Waals surface area contributed by atoms with E-state index in [4.69, 9.17) is 5.73 Å². The second kappa shape index (κ2) is 6.51. The molecule has 0 bridgehead atoms. The van der Waals surface area contributed by atoms with E-state index in [-0.39, 0.29) is 24.9 Å². The summed E-state index contributed by atoms with van der Waals surface area (Å²) in [6, 6.07) is 0.848. The molecule has 0 spiro atoms. The predicted octanol–water partition coefficient (Wildman–Crippen LogP) is 1.88. The number of sulfonamides is 1. The van der Waals surface area contributed by atoms with Crippen LogP contribution in [-0.4, -0.2) is 32.4 Å². The number of rotatable bonds is 5. The maximum absolute atomic E-state index is 13.7. The molecule has 1 aromatic carbocycles. The highest BCUT2D eigenvalue weighted by molar-refractivity contribution is 7.89. The van der Waals surface area contributed by atoms with Crippen molar-refractivity contribution >= 4 is 22.4 Å². The summed E-state index contributed by atoms with van der Waals surface area (Å²) in [7, 11) is -2.98. The van der Waals surface area contributed by atoms with E-state index in [1.165, 1.54) is 7.05 Å². The molecule has 0 saturated heterocycles. The van der Waals surface area contributed by atoms with Gasteiger partial charge < -0.3 is 5.73 Å². The monoisotopic (exact) mass is 344 g/mol. The molecule has 0 heterocycles. The molecular formula is C12H16ClF3N2O2S. The van der Waals surface area contributed by atoms with Crippen molar-refractivity contribution in [1.29, 1.82) is 0 Å². The van der Waals surface area contributed by atoms with Crippen LogP contribution >= 0.6 is 12.4 Å². The van der Waals surface area contributed by atoms with E-state index < -0.39 is 38.4 Å². The molecule has 0 radical (unpaired) electrons. The van der Waals surface area contributed by atoms with Crippen LogP contribution in [0, 0.1) is 23.4 Å². The van der Waals surface area contributed by atoms with Gasteiger partial charge in [0.15, 0.2) is 17.5 Å². The number of halogens is 4. The minimum absolute atomic E-state index is 0. The normalized spacial score (nSPS) is 16.7. The van der Waals surface area contributed by atoms with Crippen LogP contribution in [0.2, 0.25) is 0 Å². The zero-order valence-corrected chi connectivity index (χ0v) is 12.9. The number of nitrogens with two attached hydrogens (primary N) is 1. The third kappa shape index (κ3) is 3.33. The number of nitrogens with zero attached hydrogens (tertiary/aromatic N) is 1. The van der Waals surface area contributed by atoms with Crippen molar-refractivity contribution in [2.45, 2.75) is 23.8 Å². The average molecular weight is 345 g/mol. The van der Waals surface area contributed by atoms with Crippen LogP contribution in [0.3, 0.4) is 0 Å². The second-order valence-electron chi connectivity index (χ2n) is 4.84. The molecule has 1 aliphatic carbocycles. The lowest BCUT2D eigenvalue weighted by Gasteiger charge is -2.26. The first-order valence-corrected chi connectivity index (χ1v) is 7.56. The summed E-state index contributed by atoms with van der Waals surface area (Å²) >= 11 is 0. The van der Waals surface area contributed by atoms with Crippen LogP contribution in [0.4, 0.5) is 13.2 Å². The molecule has 1 atom stereocenters. The van der Waals surface area contributed by atoms with Crippen LogP contribution < -0.4 is 5.73 Å². The second-order valence-corrected chi connectivity index (χ2v) is 6.80. The molecule has 4 nitrogen and oxygen atoms in total. The number of benzene rings is 1. The highest BCUT2D eigenvalue weighted by atomic mass is 35.5. The van der Waals surface area contributed by atoms with Crippen LogP contribution in [0.25, 0.3) is 0 Å². The van der Waals surface area contributed by atoms with Gasteiger partial charge in [-0.25, -0.2) is 21.6 Å². The van der Waals surface area contributed by atoms with Crippen molar-refractivity contribution < 1.29 is 21.6 Å². The van der Waals surface area contributed by atoms with Gasteiger partial charge in [-0.05, 0) is 30.9 Å². The standard InChI is InChI=1S/C12H15F3N2O2S.ClH/c1-17(9(6-16)7-2-3-7)20(18,19)10-5-4-8(13)11(14)12(10)15;/h4-5,7,9H,2-3,6,16H2,1H3;1H. The van der Waals surface area contributed by atoms with Gasteiger partial charge in [0, 0.05) is 19.6 Å². The van der Waals surface area contributed by atoms with Gasteiger partial charge >= 0.3 is 0 Å². The Morgan fingerprint density at radius 2 is 1.86 bits per heavy atom. The Labute approximate surface area is 127 Å². The van der Waals surface area contributed by atoms with Crippen molar-refractivity contribution in [2.24, 2.45) is 11.7 Å². The lowest BCUT2D eigenvalue weighted by Crippen LogP contribution is -2.43. The Kier molecular flexibility index (Phi) is 5.65. The molecule has 1 fully saturated rings. The lowest BCUT2D eigenvalue weighted by molar-refractivity contribution is 0.337. The Morgan fingerprint density at radius 3 is 2.33 bits per heavy atom. The minimum atomic E-state index is -4.25. The molecule has 2 N–H and O–H groups in total. The van der Waals surface area contributed by atoms with Crippen LogP contribution in [0.15, 0.2) is 17.0 Å². The zero-order valence-electron chi connectivity index (χ0n) is 11.2. The molecule has 2 rings (SSSR count). The van der Waals surface area contributed by atoms with Crippen molar-refractivity contribution in [1.82, 2.24) is 4.31 Å². The van der Waals surface area contributed by atoms with E-state index >= 15 is 0 Å². The van der Waals surface area contributed by atoms with Crippen LogP contribution in [0.1, 0.15) is 12.8 Å². The van der Waals surface area contributed by atoms with Gasteiger partial charge in [0.1, 0.15) is 4.90 Å². The Bertz CT molecular complexity index is 623. The maximum atomic E-state index is 13.7. The largest absolute Gasteiger partial charge is 0.329 e. The SMILES string of the molecule is CN(C(CN)C1CC1)S(=O)(=O)c1ccc(F)c(F)c1F.Cl. The molecular weight excluding hydrogens is 329 g/mol. The fourth-order valence-electron chi connectivity index (χ4n) is 2.16. The van der Waals surface area contributed by atoms with Gasteiger partial charge in [-0.1, -0.05) is 0 Å². The summed E-state index contributed by atoms with van der Waals surface area (Å²) in [6.07, 6.45) is 1.70. The smallest absolute Gasteiger partial charge is 0.246 e. The first kappa shape index (κ1) is 18.2. The quantitative estimate of drug-likeness (QED) is 0.830. The Hall–Kier alpha value is -0.830. The van der Waals surface area contributed by atoms with Gasteiger partial charge in [-0.3, -0.25) is 0 Å². The zero-order chi connectivity index (χ0) is 15.1. The average Bonchev–Trinajstić information content (AvgIpc) is 3.21. The van der Waals surface area contributed by atoms with E-state index in [1.54, 1.807) is 0 Å². The first-order valence-electron chi connectivity index (χ1n) is 6.12. The summed E-state index contributed by atoms with van der Waals surface area (Å²) < 4.78 is 65.2. The third-order valence-electron chi connectivity index (χ3n) is 3.53. The molecule has 0 aliphatic heterocycles. The number of likely N-dealkylation sites (N-methyl/N-ethyl adjacent to an activating group) is 1. The lowest BCUT2D eigenvalue weighted by atomic mass is 10.2. The molecule has 1 saturated carbocycles. The third-order valence-corrected chi connectivity index (χ3v) is 5.43. The Morgan fingerprint density at radius 1 is 1.29 bits per heavy atom. The predicted molar refractivity (Wildman–Crippen MR) is 74.1 cm³/mol. The van der Waals surface area contributed by atoms with Gasteiger partial charge in [0.05, 0.1) is 0 Å². The summed E-state index contributed by atoms with van der Waals surface area (Å²) in [6.45, 7) is 0.0890. The molecule has 1 unspecified atom stereocenters. The highest BCUT2D eigenvalue weighted by Crippen LogP contribution is 2.36. The molecule has 1 aromatic rings. The summed E-state index contributed by atoms with van der Waals surface area (Å²) in [4.78, 5) is -0.877. The van der Waals surface area contributed by atoms with Gasteiger partial charge in [-0.15, -0.1) is 12.4 Å². The van der Waals surface area contributed by atoms with Crippen molar-refractivity contribution in [3.05, 3.63) is 29.6 Å². The van der Waals surface area contributed by atoms with E-state index in [0.717, 1.165) is 23.2 Å². The fraction of sp³-hybridized carbons (Fsp3) is 0.500. The molecule has 1 aliphatic rings. The van der Waals surface area contributed by atoms with Crippen molar-refractivity contribution in [3.8, 4) is 0 Å². The van der Waals surface area contributed by atoms with E-state index in [9.17, 15) is 21.6 Å². The molecule has 21 heavy (non-hydrogen) atoms. The highest BCUT2D eigenvalue weighted by Gasteiger charge is 2.39. The fourth-order valence-corrected chi connectivity index (χ4v) is 3.64. The molecule has 120 valence electrons. The minimum Gasteiger partial charge on any atom is -0.329 e.